The Morgan fingerprint density at radius 1 is 0.641 bits per heavy atom. The number of nitrogens with one attached hydrogen (secondary N) is 1. The summed E-state index contributed by atoms with van der Waals surface area (Å²) in [5.74, 6) is 0.0202. The molecule has 0 radical (unpaired) electrons. The molecule has 0 spiro atoms. The fraction of sp³-hybridized carbons (Fsp3) is 0.0571. The number of anilines is 1. The van der Waals surface area contributed by atoms with Gasteiger partial charge in [-0.25, -0.2) is 0 Å². The third kappa shape index (κ3) is 5.58. The average molecular weight is 543 g/mol. The quantitative estimate of drug-likeness (QED) is 0.204. The van der Waals surface area contributed by atoms with Crippen LogP contribution in [-0.2, 0) is 15.7 Å². The Bertz CT molecular complexity index is 1770. The summed E-state index contributed by atoms with van der Waals surface area (Å²) in [4.78, 5) is 18.3. The number of carbonyl (C=O) groups is 1. The summed E-state index contributed by atoms with van der Waals surface area (Å²) < 4.78 is 0. The molecule has 0 fully saturated rings. The molecule has 0 aliphatic carbocycles. The lowest BCUT2D eigenvalue weighted by Gasteiger charge is -2.15. The molecule has 6 aromatic rings. The molecule has 6 rings (SSSR count). The molecule has 0 aliphatic heterocycles. The van der Waals surface area contributed by atoms with Crippen LogP contribution in [0.2, 0.25) is 0 Å². The summed E-state index contributed by atoms with van der Waals surface area (Å²) in [6.07, 6.45) is 0.456. The van der Waals surface area contributed by atoms with Crippen molar-refractivity contribution in [2.75, 3.05) is 5.32 Å². The maximum atomic E-state index is 12.1. The normalized spacial score (nSPS) is 11.9. The van der Waals surface area contributed by atoms with Gasteiger partial charge in [0.2, 0.25) is 5.91 Å². The lowest BCUT2D eigenvalue weighted by atomic mass is 10.1. The molecule has 0 aromatic heterocycles. The van der Waals surface area contributed by atoms with Crippen LogP contribution in [0.5, 0.6) is 0 Å². The van der Waals surface area contributed by atoms with E-state index in [1.165, 1.54) is 35.2 Å². The molecule has 6 aromatic carbocycles. The van der Waals surface area contributed by atoms with E-state index in [1.54, 1.807) is 11.8 Å². The third-order valence-corrected chi connectivity index (χ3v) is 10.1. The zero-order chi connectivity index (χ0) is 26.6. The minimum absolute atomic E-state index is 0.0202. The van der Waals surface area contributed by atoms with Crippen molar-refractivity contribution < 1.29 is 4.79 Å². The van der Waals surface area contributed by atoms with Crippen LogP contribution in [0.4, 0.5) is 5.69 Å². The van der Waals surface area contributed by atoms with Gasteiger partial charge in [-0.3, -0.25) is 4.79 Å². The van der Waals surface area contributed by atoms with Crippen LogP contribution in [0.1, 0.15) is 13.3 Å². The molecule has 0 saturated carbocycles. The van der Waals surface area contributed by atoms with E-state index >= 15 is 0 Å². The van der Waals surface area contributed by atoms with Gasteiger partial charge in [-0.2, -0.15) is 0 Å². The smallest absolute Gasteiger partial charge is 0.224 e. The Kier molecular flexibility index (Phi) is 7.40. The second-order valence-electron chi connectivity index (χ2n) is 9.31. The maximum absolute atomic E-state index is 12.1. The van der Waals surface area contributed by atoms with E-state index < -0.39 is 0 Å². The van der Waals surface area contributed by atoms with Crippen molar-refractivity contribution >= 4 is 55.8 Å². The van der Waals surface area contributed by atoms with E-state index in [1.807, 2.05) is 13.0 Å². The van der Waals surface area contributed by atoms with Crippen molar-refractivity contribution in [2.45, 2.75) is 37.8 Å². The first kappa shape index (κ1) is 25.3. The minimum Gasteiger partial charge on any atom is -0.326 e. The molecular weight excluding hydrogens is 515 g/mol. The van der Waals surface area contributed by atoms with Gasteiger partial charge in [0.15, 0.2) is 14.7 Å². The van der Waals surface area contributed by atoms with Crippen LogP contribution in [0.15, 0.2) is 158 Å². The largest absolute Gasteiger partial charge is 0.326 e. The highest BCUT2D eigenvalue weighted by molar-refractivity contribution is 8.01. The number of benzene rings is 6. The zero-order valence-electron chi connectivity index (χ0n) is 21.6. The number of amides is 1. The van der Waals surface area contributed by atoms with Crippen LogP contribution in [-0.4, -0.2) is 5.91 Å². The Morgan fingerprint density at radius 3 is 2.08 bits per heavy atom. The molecule has 0 aliphatic rings. The number of hydrogen-bond acceptors (Lipinski definition) is 2. The number of rotatable bonds is 7. The molecule has 0 saturated heterocycles. The van der Waals surface area contributed by atoms with E-state index in [0.29, 0.717) is 6.42 Å². The van der Waals surface area contributed by atoms with Crippen molar-refractivity contribution in [3.63, 3.8) is 0 Å². The van der Waals surface area contributed by atoms with Gasteiger partial charge in [0.05, 0.1) is 4.90 Å². The summed E-state index contributed by atoms with van der Waals surface area (Å²) in [6, 6.07) is 47.6. The first-order valence-electron chi connectivity index (χ1n) is 13.1. The lowest BCUT2D eigenvalue weighted by Crippen LogP contribution is -2.09. The first-order chi connectivity index (χ1) is 19.2. The van der Waals surface area contributed by atoms with Gasteiger partial charge in [0.1, 0.15) is 10.9 Å². The topological polar surface area (TPSA) is 29.1 Å². The lowest BCUT2D eigenvalue weighted by molar-refractivity contribution is -0.115. The van der Waals surface area contributed by atoms with Crippen molar-refractivity contribution in [3.8, 4) is 0 Å². The second-order valence-corrected chi connectivity index (χ2v) is 12.4. The average Bonchev–Trinajstić information content (AvgIpc) is 2.98. The van der Waals surface area contributed by atoms with Gasteiger partial charge in [0, 0.05) is 29.1 Å². The van der Waals surface area contributed by atoms with Crippen LogP contribution >= 0.6 is 11.8 Å². The van der Waals surface area contributed by atoms with Crippen molar-refractivity contribution in [3.05, 3.63) is 133 Å². The SMILES string of the molecule is CCC(=O)Nc1ccc2cc([S+](c3ccccc3)c3ccc4ccccc4c3)c(Sc3ccccc3)cc2c1. The van der Waals surface area contributed by atoms with Gasteiger partial charge >= 0.3 is 0 Å². The molecule has 1 N–H and O–H groups in total. The van der Waals surface area contributed by atoms with E-state index in [0.717, 1.165) is 16.5 Å². The zero-order valence-corrected chi connectivity index (χ0v) is 23.3. The predicted octanol–water partition coefficient (Wildman–Crippen LogP) is 9.59. The summed E-state index contributed by atoms with van der Waals surface area (Å²) in [6.45, 7) is 1.87. The Hall–Kier alpha value is -3.99. The highest BCUT2D eigenvalue weighted by Crippen LogP contribution is 2.42. The third-order valence-electron chi connectivity index (χ3n) is 6.63. The number of carbonyl (C=O) groups excluding carboxylic acids is 1. The molecule has 190 valence electrons. The number of fused-ring (bicyclic) bond motifs is 2. The van der Waals surface area contributed by atoms with Gasteiger partial charge in [-0.15, -0.1) is 0 Å². The molecule has 2 nitrogen and oxygen atoms in total. The van der Waals surface area contributed by atoms with E-state index in [2.05, 4.69) is 133 Å². The fourth-order valence-electron chi connectivity index (χ4n) is 4.68. The number of hydrogen-bond donors (Lipinski definition) is 1. The molecule has 1 atom stereocenters. The molecule has 4 heteroatoms. The Morgan fingerprint density at radius 2 is 1.31 bits per heavy atom. The van der Waals surface area contributed by atoms with Gasteiger partial charge in [-0.05, 0) is 76.1 Å². The highest BCUT2D eigenvalue weighted by Gasteiger charge is 2.32. The summed E-state index contributed by atoms with van der Waals surface area (Å²) in [5.41, 5.74) is 0.828. The van der Waals surface area contributed by atoms with Crippen molar-refractivity contribution in [2.24, 2.45) is 0 Å². The fourth-order valence-corrected chi connectivity index (χ4v) is 8.11. The maximum Gasteiger partial charge on any atom is 0.224 e. The van der Waals surface area contributed by atoms with E-state index in [4.69, 9.17) is 0 Å². The molecular formula is C35H28NOS2+. The summed E-state index contributed by atoms with van der Waals surface area (Å²) in [7, 11) is -0.318. The van der Waals surface area contributed by atoms with Crippen LogP contribution in [0, 0.1) is 0 Å². The molecule has 1 unspecified atom stereocenters. The summed E-state index contributed by atoms with van der Waals surface area (Å²) >= 11 is 1.79. The first-order valence-corrected chi connectivity index (χ1v) is 15.1. The minimum atomic E-state index is -0.318. The summed E-state index contributed by atoms with van der Waals surface area (Å²) in [5, 5.41) is 7.78. The standard InChI is InChI=1S/C35H27NOS2/c1-2-35(37)36-29-19-17-27-24-34(33(23-28(27)21-29)38-30-13-5-3-6-14-30)39(31-15-7-4-8-16-31)32-20-18-25-11-9-10-12-26(25)22-32/h3-24H,2H2,1H3/p+1. The molecule has 0 bridgehead atoms. The van der Waals surface area contributed by atoms with Gasteiger partial charge < -0.3 is 5.32 Å². The van der Waals surface area contributed by atoms with Crippen LogP contribution < -0.4 is 5.32 Å². The van der Waals surface area contributed by atoms with Gasteiger partial charge in [0.25, 0.3) is 0 Å². The van der Waals surface area contributed by atoms with Gasteiger partial charge in [-0.1, -0.05) is 85.4 Å². The molecule has 39 heavy (non-hydrogen) atoms. The Balaban J connectivity index is 1.56. The predicted molar refractivity (Wildman–Crippen MR) is 166 cm³/mol. The highest BCUT2D eigenvalue weighted by atomic mass is 32.2. The van der Waals surface area contributed by atoms with E-state index in [-0.39, 0.29) is 16.8 Å². The van der Waals surface area contributed by atoms with E-state index in [9.17, 15) is 4.79 Å². The Labute approximate surface area is 236 Å². The molecule has 1 amide bonds. The second kappa shape index (κ2) is 11.4. The van der Waals surface area contributed by atoms with Crippen molar-refractivity contribution in [1.82, 2.24) is 0 Å². The molecule has 0 heterocycles. The monoisotopic (exact) mass is 542 g/mol. The van der Waals surface area contributed by atoms with Crippen molar-refractivity contribution in [1.29, 1.82) is 0 Å². The van der Waals surface area contributed by atoms with Crippen LogP contribution in [0.25, 0.3) is 21.5 Å². The van der Waals surface area contributed by atoms with Crippen LogP contribution in [0.3, 0.4) is 0 Å².